The van der Waals surface area contributed by atoms with Gasteiger partial charge < -0.3 is 11.1 Å². The summed E-state index contributed by atoms with van der Waals surface area (Å²) in [6.07, 6.45) is 7.59. The summed E-state index contributed by atoms with van der Waals surface area (Å²) in [5.74, 6) is 2.04. The lowest BCUT2D eigenvalue weighted by Crippen LogP contribution is -2.49. The van der Waals surface area contributed by atoms with Crippen LogP contribution in [-0.4, -0.2) is 43.0 Å². The molecule has 0 aromatic rings. The van der Waals surface area contributed by atoms with Gasteiger partial charge in [-0.25, -0.2) is 0 Å². The Bertz CT molecular complexity index is 332. The van der Waals surface area contributed by atoms with E-state index in [0.29, 0.717) is 19.1 Å². The fourth-order valence-electron chi connectivity index (χ4n) is 4.03. The Morgan fingerprint density at radius 1 is 1.29 bits per heavy atom. The molecule has 0 radical (unpaired) electrons. The van der Waals surface area contributed by atoms with Crippen LogP contribution >= 0.6 is 0 Å². The second-order valence-electron chi connectivity index (χ2n) is 7.24. The predicted molar refractivity (Wildman–Crippen MR) is 86.9 cm³/mol. The third kappa shape index (κ3) is 4.68. The molecule has 1 saturated carbocycles. The molecule has 3 unspecified atom stereocenters. The molecule has 1 saturated heterocycles. The van der Waals surface area contributed by atoms with E-state index in [9.17, 15) is 4.79 Å². The first-order valence-electron chi connectivity index (χ1n) is 8.83. The van der Waals surface area contributed by atoms with Gasteiger partial charge in [0.1, 0.15) is 0 Å². The number of nitrogens with two attached hydrogens (primary N) is 1. The average Bonchev–Trinajstić information content (AvgIpc) is 2.52. The highest BCUT2D eigenvalue weighted by atomic mass is 16.1. The van der Waals surface area contributed by atoms with Crippen molar-refractivity contribution in [2.24, 2.45) is 23.5 Å². The molecular formula is C17H33N3O. The molecule has 1 aliphatic heterocycles. The van der Waals surface area contributed by atoms with Gasteiger partial charge in [-0.05, 0) is 44.1 Å². The molecule has 1 aliphatic carbocycles. The van der Waals surface area contributed by atoms with Gasteiger partial charge in [0, 0.05) is 25.7 Å². The van der Waals surface area contributed by atoms with E-state index in [1.807, 2.05) is 0 Å². The minimum Gasteiger partial charge on any atom is -0.355 e. The van der Waals surface area contributed by atoms with E-state index in [-0.39, 0.29) is 11.8 Å². The van der Waals surface area contributed by atoms with Crippen LogP contribution in [0.3, 0.4) is 0 Å². The lowest BCUT2D eigenvalue weighted by atomic mass is 9.78. The van der Waals surface area contributed by atoms with E-state index in [2.05, 4.69) is 24.1 Å². The number of rotatable bonds is 5. The summed E-state index contributed by atoms with van der Waals surface area (Å²) in [5.41, 5.74) is 5.47. The monoisotopic (exact) mass is 295 g/mol. The van der Waals surface area contributed by atoms with E-state index in [0.717, 1.165) is 31.2 Å². The van der Waals surface area contributed by atoms with Gasteiger partial charge >= 0.3 is 0 Å². The zero-order valence-corrected chi connectivity index (χ0v) is 13.8. The number of carbonyl (C=O) groups is 1. The summed E-state index contributed by atoms with van der Waals surface area (Å²) < 4.78 is 0. The predicted octanol–water partition coefficient (Wildman–Crippen LogP) is 1.99. The number of piperidine rings is 1. The van der Waals surface area contributed by atoms with Crippen molar-refractivity contribution in [1.29, 1.82) is 0 Å². The largest absolute Gasteiger partial charge is 0.355 e. The molecule has 0 bridgehead atoms. The van der Waals surface area contributed by atoms with Crippen LogP contribution in [0, 0.1) is 17.8 Å². The van der Waals surface area contributed by atoms with Crippen LogP contribution in [0.15, 0.2) is 0 Å². The minimum atomic E-state index is 0.171. The normalized spacial score (nSPS) is 31.3. The van der Waals surface area contributed by atoms with Gasteiger partial charge in [0.2, 0.25) is 5.91 Å². The van der Waals surface area contributed by atoms with Crippen molar-refractivity contribution in [3.8, 4) is 0 Å². The smallest absolute Gasteiger partial charge is 0.224 e. The van der Waals surface area contributed by atoms with Gasteiger partial charge in [0.25, 0.3) is 0 Å². The fraction of sp³-hybridized carbons (Fsp3) is 0.941. The lowest BCUT2D eigenvalue weighted by molar-refractivity contribution is -0.127. The van der Waals surface area contributed by atoms with Crippen LogP contribution in [0.1, 0.15) is 52.4 Å². The van der Waals surface area contributed by atoms with Crippen LogP contribution in [0.2, 0.25) is 0 Å². The first kappa shape index (κ1) is 16.8. The number of hydrogen-bond acceptors (Lipinski definition) is 3. The highest BCUT2D eigenvalue weighted by molar-refractivity contribution is 5.78. The molecule has 4 nitrogen and oxygen atoms in total. The second-order valence-corrected chi connectivity index (χ2v) is 7.24. The van der Waals surface area contributed by atoms with Crippen LogP contribution in [-0.2, 0) is 4.79 Å². The molecule has 2 rings (SSSR count). The third-order valence-corrected chi connectivity index (χ3v) is 5.41. The summed E-state index contributed by atoms with van der Waals surface area (Å²) in [7, 11) is 0. The Labute approximate surface area is 129 Å². The molecule has 0 aromatic carbocycles. The molecule has 3 N–H and O–H groups in total. The van der Waals surface area contributed by atoms with Crippen molar-refractivity contribution < 1.29 is 4.79 Å². The van der Waals surface area contributed by atoms with Gasteiger partial charge in [-0.1, -0.05) is 26.7 Å². The van der Waals surface area contributed by atoms with Crippen LogP contribution in [0.25, 0.3) is 0 Å². The zero-order chi connectivity index (χ0) is 15.2. The van der Waals surface area contributed by atoms with Crippen molar-refractivity contribution in [3.05, 3.63) is 0 Å². The van der Waals surface area contributed by atoms with Crippen LogP contribution < -0.4 is 11.1 Å². The Balaban J connectivity index is 1.86. The van der Waals surface area contributed by atoms with E-state index in [4.69, 9.17) is 5.73 Å². The summed E-state index contributed by atoms with van der Waals surface area (Å²) >= 11 is 0. The minimum absolute atomic E-state index is 0.171. The molecule has 3 atom stereocenters. The molecule has 4 heteroatoms. The first-order chi connectivity index (χ1) is 10.1. The highest BCUT2D eigenvalue weighted by Crippen LogP contribution is 2.34. The van der Waals surface area contributed by atoms with E-state index < -0.39 is 0 Å². The van der Waals surface area contributed by atoms with Crippen molar-refractivity contribution in [3.63, 3.8) is 0 Å². The van der Waals surface area contributed by atoms with Crippen molar-refractivity contribution in [2.45, 2.75) is 58.4 Å². The van der Waals surface area contributed by atoms with Gasteiger partial charge in [0.05, 0.1) is 5.92 Å². The molecule has 2 aliphatic rings. The fourth-order valence-corrected chi connectivity index (χ4v) is 4.03. The number of carbonyl (C=O) groups excluding carboxylic acids is 1. The summed E-state index contributed by atoms with van der Waals surface area (Å²) in [5, 5.41) is 2.96. The first-order valence-corrected chi connectivity index (χ1v) is 8.83. The van der Waals surface area contributed by atoms with Crippen molar-refractivity contribution in [1.82, 2.24) is 10.2 Å². The van der Waals surface area contributed by atoms with Gasteiger partial charge in [-0.3, -0.25) is 9.69 Å². The maximum Gasteiger partial charge on any atom is 0.224 e. The van der Waals surface area contributed by atoms with Crippen LogP contribution in [0.5, 0.6) is 0 Å². The summed E-state index contributed by atoms with van der Waals surface area (Å²) in [6.45, 7) is 7.97. The Morgan fingerprint density at radius 2 is 2.10 bits per heavy atom. The molecule has 21 heavy (non-hydrogen) atoms. The third-order valence-electron chi connectivity index (χ3n) is 5.41. The van der Waals surface area contributed by atoms with Gasteiger partial charge in [-0.15, -0.1) is 0 Å². The number of nitrogens with one attached hydrogen (secondary N) is 1. The topological polar surface area (TPSA) is 58.4 Å². The molecule has 1 amide bonds. The number of hydrogen-bond donors (Lipinski definition) is 2. The van der Waals surface area contributed by atoms with E-state index in [1.165, 1.54) is 32.2 Å². The summed E-state index contributed by atoms with van der Waals surface area (Å²) in [6, 6.07) is 0.705. The van der Waals surface area contributed by atoms with E-state index >= 15 is 0 Å². The maximum atomic E-state index is 12.2. The Hall–Kier alpha value is -0.610. The van der Waals surface area contributed by atoms with Gasteiger partial charge in [-0.2, -0.15) is 0 Å². The quantitative estimate of drug-likeness (QED) is 0.815. The Morgan fingerprint density at radius 3 is 2.81 bits per heavy atom. The zero-order valence-electron chi connectivity index (χ0n) is 13.8. The maximum absolute atomic E-state index is 12.2. The molecule has 2 fully saturated rings. The van der Waals surface area contributed by atoms with Crippen LogP contribution in [0.4, 0.5) is 0 Å². The SMILES string of the molecule is CC(C)C1CCCC(N2CCCC(C(=O)NCCN)C2)C1. The van der Waals surface area contributed by atoms with Crippen molar-refractivity contribution in [2.75, 3.05) is 26.2 Å². The Kier molecular flexibility index (Phi) is 6.49. The van der Waals surface area contributed by atoms with Gasteiger partial charge in [0.15, 0.2) is 0 Å². The molecule has 0 spiro atoms. The number of nitrogens with zero attached hydrogens (tertiary/aromatic N) is 1. The molecule has 122 valence electrons. The highest BCUT2D eigenvalue weighted by Gasteiger charge is 2.33. The van der Waals surface area contributed by atoms with E-state index in [1.54, 1.807) is 0 Å². The van der Waals surface area contributed by atoms with Crippen molar-refractivity contribution >= 4 is 5.91 Å². The second kappa shape index (κ2) is 8.14. The number of amides is 1. The average molecular weight is 295 g/mol. The number of likely N-dealkylation sites (tertiary alicyclic amines) is 1. The molecular weight excluding hydrogens is 262 g/mol. The standard InChI is InChI=1S/C17H33N3O/c1-13(2)14-5-3-7-16(11-14)20-10-4-6-15(12-20)17(21)19-9-8-18/h13-16H,3-12,18H2,1-2H3,(H,19,21). The lowest BCUT2D eigenvalue weighted by Gasteiger charge is -2.42. The molecule has 1 heterocycles. The summed E-state index contributed by atoms with van der Waals surface area (Å²) in [4.78, 5) is 14.8. The molecule has 0 aromatic heterocycles.